The van der Waals surface area contributed by atoms with Gasteiger partial charge in [0.25, 0.3) is 0 Å². The van der Waals surface area contributed by atoms with E-state index in [0.717, 1.165) is 15.6 Å². The molecule has 0 saturated carbocycles. The zero-order valence-corrected chi connectivity index (χ0v) is 15.2. The Kier molecular flexibility index (Phi) is 4.75. The molecular formula is C16H18BrClOSi-. The largest absolute Gasteiger partial charge is 0.384 e. The van der Waals surface area contributed by atoms with Crippen LogP contribution in [0.15, 0.2) is 46.9 Å². The maximum atomic E-state index is 10.5. The Morgan fingerprint density at radius 3 is 2.20 bits per heavy atom. The average molecular weight is 370 g/mol. The minimum atomic E-state index is -1.31. The molecule has 1 atom stereocenters. The van der Waals surface area contributed by atoms with Gasteiger partial charge >= 0.3 is 0 Å². The SMILES string of the molecule is C[Si-](C)(C)c1ccc(C(O)c2cc(Br)ccc2Cl)cc1. The predicted molar refractivity (Wildman–Crippen MR) is 92.6 cm³/mol. The third-order valence-electron chi connectivity index (χ3n) is 3.35. The van der Waals surface area contributed by atoms with Crippen molar-refractivity contribution in [3.63, 3.8) is 0 Å². The molecule has 1 nitrogen and oxygen atoms in total. The molecule has 0 aliphatic rings. The highest BCUT2D eigenvalue weighted by molar-refractivity contribution is 9.10. The fourth-order valence-electron chi connectivity index (χ4n) is 2.07. The van der Waals surface area contributed by atoms with Gasteiger partial charge in [0.15, 0.2) is 0 Å². The minimum absolute atomic E-state index is 0.579. The van der Waals surface area contributed by atoms with E-state index in [1.807, 2.05) is 24.3 Å². The summed E-state index contributed by atoms with van der Waals surface area (Å²) in [4.78, 5) is 0. The summed E-state index contributed by atoms with van der Waals surface area (Å²) in [5.74, 6) is 0. The van der Waals surface area contributed by atoms with E-state index in [1.165, 1.54) is 5.19 Å². The van der Waals surface area contributed by atoms with Crippen LogP contribution >= 0.6 is 27.5 Å². The maximum Gasteiger partial charge on any atom is 0.106 e. The van der Waals surface area contributed by atoms with Crippen molar-refractivity contribution in [3.8, 4) is 0 Å². The zero-order chi connectivity index (χ0) is 14.9. The first kappa shape index (κ1) is 15.8. The third kappa shape index (κ3) is 3.53. The Morgan fingerprint density at radius 1 is 1.05 bits per heavy atom. The van der Waals surface area contributed by atoms with Crippen LogP contribution in [0.4, 0.5) is 0 Å². The summed E-state index contributed by atoms with van der Waals surface area (Å²) < 4.78 is 0.912. The van der Waals surface area contributed by atoms with E-state index in [9.17, 15) is 5.11 Å². The van der Waals surface area contributed by atoms with Crippen LogP contribution in [0.3, 0.4) is 0 Å². The Morgan fingerprint density at radius 2 is 1.65 bits per heavy atom. The van der Waals surface area contributed by atoms with Crippen LogP contribution in [0, 0.1) is 0 Å². The van der Waals surface area contributed by atoms with Gasteiger partial charge in [-0.25, -0.2) is 0 Å². The van der Waals surface area contributed by atoms with Gasteiger partial charge in [-0.2, -0.15) is 24.8 Å². The minimum Gasteiger partial charge on any atom is -0.384 e. The van der Waals surface area contributed by atoms with Crippen molar-refractivity contribution in [1.82, 2.24) is 0 Å². The number of hydrogen-bond acceptors (Lipinski definition) is 1. The molecule has 2 rings (SSSR count). The lowest BCUT2D eigenvalue weighted by atomic mass is 10.0. The van der Waals surface area contributed by atoms with E-state index < -0.39 is 14.2 Å². The van der Waals surface area contributed by atoms with E-state index >= 15 is 0 Å². The Labute approximate surface area is 134 Å². The van der Waals surface area contributed by atoms with Crippen LogP contribution in [0.25, 0.3) is 0 Å². The lowest BCUT2D eigenvalue weighted by molar-refractivity contribution is 0.220. The van der Waals surface area contributed by atoms with Crippen LogP contribution in [-0.4, -0.2) is 13.2 Å². The molecule has 0 heterocycles. The first-order valence-electron chi connectivity index (χ1n) is 6.52. The molecule has 0 radical (unpaired) electrons. The molecule has 20 heavy (non-hydrogen) atoms. The number of aliphatic hydroxyl groups excluding tert-OH is 1. The van der Waals surface area contributed by atoms with Crippen molar-refractivity contribution < 1.29 is 5.11 Å². The van der Waals surface area contributed by atoms with Gasteiger partial charge in [-0.1, -0.05) is 51.8 Å². The molecule has 0 amide bonds. The number of halogens is 2. The first-order valence-corrected chi connectivity index (χ1v) is 11.2. The van der Waals surface area contributed by atoms with Crippen LogP contribution in [0.1, 0.15) is 17.2 Å². The van der Waals surface area contributed by atoms with Crippen molar-refractivity contribution in [2.75, 3.05) is 0 Å². The summed E-state index contributed by atoms with van der Waals surface area (Å²) in [6, 6.07) is 13.8. The Bertz CT molecular complexity index is 605. The van der Waals surface area contributed by atoms with E-state index in [2.05, 4.69) is 47.7 Å². The number of benzene rings is 2. The molecule has 1 unspecified atom stereocenters. The molecule has 107 valence electrons. The second kappa shape index (κ2) is 6.02. The highest BCUT2D eigenvalue weighted by atomic mass is 79.9. The molecule has 0 saturated heterocycles. The van der Waals surface area contributed by atoms with Gasteiger partial charge in [-0.3, -0.25) is 0 Å². The van der Waals surface area contributed by atoms with Crippen LogP contribution in [0.2, 0.25) is 24.7 Å². The van der Waals surface area contributed by atoms with Gasteiger partial charge in [0.05, 0.1) is 0 Å². The average Bonchev–Trinajstić information content (AvgIpc) is 2.40. The topological polar surface area (TPSA) is 20.2 Å². The van der Waals surface area contributed by atoms with Gasteiger partial charge < -0.3 is 5.11 Å². The van der Waals surface area contributed by atoms with E-state index in [0.29, 0.717) is 5.02 Å². The molecule has 0 spiro atoms. The number of hydrogen-bond donors (Lipinski definition) is 1. The highest BCUT2D eigenvalue weighted by Crippen LogP contribution is 2.30. The Hall–Kier alpha value is -0.613. The molecule has 0 fully saturated rings. The van der Waals surface area contributed by atoms with Gasteiger partial charge in [-0.15, -0.1) is 8.07 Å². The summed E-state index contributed by atoms with van der Waals surface area (Å²) in [6.45, 7) is 6.93. The van der Waals surface area contributed by atoms with Crippen molar-refractivity contribution >= 4 is 40.8 Å². The Balaban J connectivity index is 2.34. The summed E-state index contributed by atoms with van der Waals surface area (Å²) in [5, 5.41) is 12.5. The van der Waals surface area contributed by atoms with Gasteiger partial charge in [-0.05, 0) is 23.8 Å². The molecule has 0 aromatic heterocycles. The molecule has 0 aliphatic heterocycles. The van der Waals surface area contributed by atoms with Crippen LogP contribution in [-0.2, 0) is 0 Å². The van der Waals surface area contributed by atoms with E-state index in [-0.39, 0.29) is 0 Å². The monoisotopic (exact) mass is 368 g/mol. The lowest BCUT2D eigenvalue weighted by Crippen LogP contribution is -2.37. The molecule has 2 aromatic carbocycles. The van der Waals surface area contributed by atoms with Gasteiger partial charge in [0.2, 0.25) is 0 Å². The molecule has 0 bridgehead atoms. The maximum absolute atomic E-state index is 10.5. The van der Waals surface area contributed by atoms with E-state index in [4.69, 9.17) is 11.6 Å². The summed E-state index contributed by atoms with van der Waals surface area (Å²) in [7, 11) is -1.31. The second-order valence-corrected chi connectivity index (χ2v) is 12.3. The van der Waals surface area contributed by atoms with E-state index in [1.54, 1.807) is 6.07 Å². The zero-order valence-electron chi connectivity index (χ0n) is 11.8. The lowest BCUT2D eigenvalue weighted by Gasteiger charge is -2.29. The van der Waals surface area contributed by atoms with Crippen molar-refractivity contribution in [2.45, 2.75) is 25.7 Å². The molecular weight excluding hydrogens is 352 g/mol. The van der Waals surface area contributed by atoms with Crippen LogP contribution in [0.5, 0.6) is 0 Å². The first-order chi connectivity index (χ1) is 9.29. The number of aliphatic hydroxyl groups is 1. The summed E-state index contributed by atoms with van der Waals surface area (Å²) in [6.07, 6.45) is -0.698. The molecule has 0 aliphatic carbocycles. The third-order valence-corrected chi connectivity index (χ3v) is 6.25. The summed E-state index contributed by atoms with van der Waals surface area (Å²) in [5.41, 5.74) is 1.59. The number of rotatable bonds is 3. The standard InChI is InChI=1S/C16H18BrClOSi/c1-20(2,3)13-7-4-11(5-8-13)16(19)14-10-12(17)6-9-15(14)18/h4-10,16,19H,1-3H3/q-1. The molecule has 4 heteroatoms. The fourth-order valence-corrected chi connectivity index (χ4v) is 3.84. The van der Waals surface area contributed by atoms with Crippen LogP contribution < -0.4 is 5.19 Å². The second-order valence-electron chi connectivity index (χ2n) is 5.94. The van der Waals surface area contributed by atoms with Crippen molar-refractivity contribution in [2.24, 2.45) is 0 Å². The smallest absolute Gasteiger partial charge is 0.106 e. The predicted octanol–water partition coefficient (Wildman–Crippen LogP) is 4.73. The van der Waals surface area contributed by atoms with Gasteiger partial charge in [0, 0.05) is 15.1 Å². The fraction of sp³-hybridized carbons (Fsp3) is 0.250. The quantitative estimate of drug-likeness (QED) is 0.775. The highest BCUT2D eigenvalue weighted by Gasteiger charge is 2.14. The summed E-state index contributed by atoms with van der Waals surface area (Å²) >= 11 is 9.58. The van der Waals surface area contributed by atoms with Crippen molar-refractivity contribution in [3.05, 3.63) is 63.1 Å². The van der Waals surface area contributed by atoms with Crippen molar-refractivity contribution in [1.29, 1.82) is 0 Å². The normalized spacial score (nSPS) is 13.3. The van der Waals surface area contributed by atoms with Gasteiger partial charge in [0.1, 0.15) is 6.10 Å². The molecule has 1 N–H and O–H groups in total. The molecule has 2 aromatic rings.